The number of carbonyl (C=O) groups is 1. The fourth-order valence-electron chi connectivity index (χ4n) is 2.11. The average Bonchev–Trinajstić information content (AvgIpc) is 2.48. The summed E-state index contributed by atoms with van der Waals surface area (Å²) in [4.78, 5) is 11.5. The van der Waals surface area contributed by atoms with Crippen LogP contribution >= 0.6 is 0 Å². The molecule has 3 nitrogen and oxygen atoms in total. The van der Waals surface area contributed by atoms with Crippen LogP contribution < -0.4 is 4.74 Å². The molecule has 1 N–H and O–H groups in total. The highest BCUT2D eigenvalue weighted by molar-refractivity contribution is 6.20. The van der Waals surface area contributed by atoms with Gasteiger partial charge in [0.2, 0.25) is 0 Å². The van der Waals surface area contributed by atoms with Crippen LogP contribution in [0.3, 0.4) is 0 Å². The highest BCUT2D eigenvalue weighted by Gasteiger charge is 2.12. The van der Waals surface area contributed by atoms with Gasteiger partial charge in [0.25, 0.3) is 0 Å². The lowest BCUT2D eigenvalue weighted by Gasteiger charge is -2.09. The molecule has 0 aliphatic rings. The van der Waals surface area contributed by atoms with Crippen LogP contribution in [0, 0.1) is 12.7 Å². The second-order valence-corrected chi connectivity index (χ2v) is 5.56. The van der Waals surface area contributed by atoms with E-state index in [2.05, 4.69) is 0 Å². The third-order valence-corrected chi connectivity index (χ3v) is 3.28. The van der Waals surface area contributed by atoms with Crippen molar-refractivity contribution in [2.75, 3.05) is 0 Å². The van der Waals surface area contributed by atoms with Crippen molar-refractivity contribution in [2.24, 2.45) is 0 Å². The highest BCUT2D eigenvalue weighted by atomic mass is 19.1. The van der Waals surface area contributed by atoms with Crippen LogP contribution in [-0.4, -0.2) is 17.2 Å². The lowest BCUT2D eigenvalue weighted by molar-refractivity contribution is -0.130. The highest BCUT2D eigenvalue weighted by Crippen LogP contribution is 2.22. The number of hydrogen-bond acceptors (Lipinski definition) is 2. The van der Waals surface area contributed by atoms with Gasteiger partial charge in [-0.2, -0.15) is 0 Å². The summed E-state index contributed by atoms with van der Waals surface area (Å²) in [5.74, 6) is -0.804. The average molecular weight is 314 g/mol. The minimum absolute atomic E-state index is 0.0430. The predicted octanol–water partition coefficient (Wildman–Crippen LogP) is 4.55. The Morgan fingerprint density at radius 1 is 1.17 bits per heavy atom. The van der Waals surface area contributed by atoms with E-state index in [0.717, 1.165) is 5.75 Å². The summed E-state index contributed by atoms with van der Waals surface area (Å²) in [5.41, 5.74) is 1.57. The molecule has 0 bridgehead atoms. The maximum atomic E-state index is 13.7. The summed E-state index contributed by atoms with van der Waals surface area (Å²) in [6.45, 7) is 5.50. The molecule has 120 valence electrons. The molecule has 0 unspecified atom stereocenters. The first-order valence-electron chi connectivity index (χ1n) is 7.35. The number of benzene rings is 2. The molecule has 0 radical (unpaired) electrons. The molecule has 0 spiro atoms. The Labute approximate surface area is 135 Å². The minimum atomic E-state index is -1.10. The van der Waals surface area contributed by atoms with Crippen molar-refractivity contribution in [1.82, 2.24) is 0 Å². The van der Waals surface area contributed by atoms with Gasteiger partial charge in [-0.1, -0.05) is 24.3 Å². The topological polar surface area (TPSA) is 46.5 Å². The smallest absolute Gasteiger partial charge is 0.336 e. The lowest BCUT2D eigenvalue weighted by Crippen LogP contribution is -2.05. The molecular weight excluding hydrogens is 295 g/mol. The quantitative estimate of drug-likeness (QED) is 0.650. The predicted molar refractivity (Wildman–Crippen MR) is 88.8 cm³/mol. The normalized spacial score (nSPS) is 11.6. The molecule has 0 aliphatic carbocycles. The maximum absolute atomic E-state index is 13.7. The number of carboxylic acids is 1. The van der Waals surface area contributed by atoms with Gasteiger partial charge in [-0.15, -0.1) is 0 Å². The molecule has 0 amide bonds. The number of ether oxygens (including phenoxy) is 1. The van der Waals surface area contributed by atoms with Gasteiger partial charge in [0, 0.05) is 0 Å². The summed E-state index contributed by atoms with van der Waals surface area (Å²) in [7, 11) is 0. The maximum Gasteiger partial charge on any atom is 0.336 e. The fourth-order valence-corrected chi connectivity index (χ4v) is 2.11. The van der Waals surface area contributed by atoms with Crippen molar-refractivity contribution < 1.29 is 19.0 Å². The molecule has 0 aliphatic heterocycles. The minimum Gasteiger partial charge on any atom is -0.491 e. The molecular formula is C19H19FO3. The zero-order valence-corrected chi connectivity index (χ0v) is 13.3. The number of aliphatic carboxylic acids is 1. The van der Waals surface area contributed by atoms with E-state index in [0.29, 0.717) is 16.7 Å². The molecule has 2 aromatic carbocycles. The molecule has 0 saturated carbocycles. The van der Waals surface area contributed by atoms with E-state index in [1.165, 1.54) is 12.1 Å². The Hall–Kier alpha value is -2.62. The number of rotatable bonds is 5. The number of halogens is 1. The van der Waals surface area contributed by atoms with E-state index in [4.69, 9.17) is 4.74 Å². The fraction of sp³-hybridized carbons (Fsp3) is 0.211. The first kappa shape index (κ1) is 16.7. The molecule has 0 aromatic heterocycles. The molecule has 2 aromatic rings. The van der Waals surface area contributed by atoms with Crippen molar-refractivity contribution in [1.29, 1.82) is 0 Å². The zero-order chi connectivity index (χ0) is 17.0. The summed E-state index contributed by atoms with van der Waals surface area (Å²) in [6.07, 6.45) is 1.59. The van der Waals surface area contributed by atoms with E-state index in [9.17, 15) is 14.3 Å². The number of aryl methyl sites for hydroxylation is 1. The van der Waals surface area contributed by atoms with Crippen LogP contribution in [0.25, 0.3) is 11.6 Å². The second-order valence-electron chi connectivity index (χ2n) is 5.56. The molecule has 0 atom stereocenters. The third-order valence-electron chi connectivity index (χ3n) is 3.28. The third kappa shape index (κ3) is 4.42. The number of hydrogen-bond donors (Lipinski definition) is 1. The molecule has 0 fully saturated rings. The lowest BCUT2D eigenvalue weighted by atomic mass is 10.0. The first-order chi connectivity index (χ1) is 10.9. The van der Waals surface area contributed by atoms with Crippen LogP contribution in [-0.2, 0) is 4.79 Å². The van der Waals surface area contributed by atoms with E-state index < -0.39 is 11.8 Å². The summed E-state index contributed by atoms with van der Waals surface area (Å²) < 4.78 is 19.2. The van der Waals surface area contributed by atoms with Gasteiger partial charge in [-0.3, -0.25) is 0 Å². The van der Waals surface area contributed by atoms with E-state index in [1.54, 1.807) is 43.3 Å². The molecule has 0 heterocycles. The SMILES string of the molecule is Cc1ccc(/C(=C/c2ccc(OC(C)C)cc2)C(=O)O)cc1F. The van der Waals surface area contributed by atoms with Crippen molar-refractivity contribution in [3.05, 3.63) is 65.0 Å². The molecule has 2 rings (SSSR count). The molecule has 23 heavy (non-hydrogen) atoms. The van der Waals surface area contributed by atoms with Gasteiger partial charge >= 0.3 is 5.97 Å². The van der Waals surface area contributed by atoms with Crippen LogP contribution in [0.2, 0.25) is 0 Å². The van der Waals surface area contributed by atoms with E-state index in [-0.39, 0.29) is 11.7 Å². The zero-order valence-electron chi connectivity index (χ0n) is 13.3. The van der Waals surface area contributed by atoms with Crippen LogP contribution in [0.15, 0.2) is 42.5 Å². The van der Waals surface area contributed by atoms with E-state index in [1.807, 2.05) is 13.8 Å². The Bertz CT molecular complexity index is 731. The van der Waals surface area contributed by atoms with Crippen molar-refractivity contribution in [2.45, 2.75) is 26.9 Å². The monoisotopic (exact) mass is 314 g/mol. The van der Waals surface area contributed by atoms with Gasteiger partial charge in [0.15, 0.2) is 0 Å². The van der Waals surface area contributed by atoms with Crippen LogP contribution in [0.1, 0.15) is 30.5 Å². The number of carboxylic acid groups (broad SMARTS) is 1. The van der Waals surface area contributed by atoms with Gasteiger partial charge in [-0.05, 0) is 61.7 Å². The van der Waals surface area contributed by atoms with Crippen molar-refractivity contribution in [3.8, 4) is 5.75 Å². The Kier molecular flexibility index (Phi) is 5.16. The Morgan fingerprint density at radius 3 is 2.35 bits per heavy atom. The summed E-state index contributed by atoms with van der Waals surface area (Å²) >= 11 is 0. The van der Waals surface area contributed by atoms with E-state index >= 15 is 0 Å². The van der Waals surface area contributed by atoms with Gasteiger partial charge in [0.05, 0.1) is 11.7 Å². The van der Waals surface area contributed by atoms with Crippen LogP contribution in [0.4, 0.5) is 4.39 Å². The Morgan fingerprint density at radius 2 is 1.83 bits per heavy atom. The van der Waals surface area contributed by atoms with Gasteiger partial charge < -0.3 is 9.84 Å². The largest absolute Gasteiger partial charge is 0.491 e. The summed E-state index contributed by atoms with van der Waals surface area (Å²) in [5, 5.41) is 9.41. The standard InChI is InChI=1S/C19H19FO3/c1-12(2)23-16-8-5-14(6-9-16)10-17(19(21)22)15-7-4-13(3)18(20)11-15/h4-12H,1-3H3,(H,21,22)/b17-10-. The van der Waals surface area contributed by atoms with Crippen molar-refractivity contribution in [3.63, 3.8) is 0 Å². The van der Waals surface area contributed by atoms with Gasteiger partial charge in [0.1, 0.15) is 11.6 Å². The van der Waals surface area contributed by atoms with Crippen molar-refractivity contribution >= 4 is 17.6 Å². The molecule has 0 saturated heterocycles. The second kappa shape index (κ2) is 7.09. The van der Waals surface area contributed by atoms with Crippen LogP contribution in [0.5, 0.6) is 5.75 Å². The molecule has 4 heteroatoms. The first-order valence-corrected chi connectivity index (χ1v) is 7.35. The Balaban J connectivity index is 2.35. The summed E-state index contributed by atoms with van der Waals surface area (Å²) in [6, 6.07) is 11.5. The van der Waals surface area contributed by atoms with Gasteiger partial charge in [-0.25, -0.2) is 9.18 Å².